The molecule has 0 spiro atoms. The van der Waals surface area contributed by atoms with Gasteiger partial charge < -0.3 is 14.9 Å². The van der Waals surface area contributed by atoms with Crippen molar-refractivity contribution in [3.8, 4) is 0 Å². The van der Waals surface area contributed by atoms with Gasteiger partial charge in [0, 0.05) is 31.6 Å². The summed E-state index contributed by atoms with van der Waals surface area (Å²) in [6, 6.07) is 6.25. The molecule has 3 heterocycles. The molecular formula is C20H26N4O2. The standard InChI is InChI=1S/C20H26N4O2/c1-13-5-6-17-14(2)21-20(22-18(17)10-13)24-8-3-4-15(11-24)19(26)23-9-7-16(25)12-23/h5-6,10,15-16,25H,3-4,7-9,11-12H2,1-2H3/t15?,16-/m1/s1. The van der Waals surface area contributed by atoms with Gasteiger partial charge >= 0.3 is 0 Å². The normalized spacial score (nSPS) is 23.7. The summed E-state index contributed by atoms with van der Waals surface area (Å²) in [7, 11) is 0. The van der Waals surface area contributed by atoms with Crippen molar-refractivity contribution in [1.29, 1.82) is 0 Å². The maximum absolute atomic E-state index is 12.8. The third-order valence-corrected chi connectivity index (χ3v) is 5.56. The van der Waals surface area contributed by atoms with Crippen LogP contribution in [0.3, 0.4) is 0 Å². The number of aliphatic hydroxyl groups excluding tert-OH is 1. The Hall–Kier alpha value is -2.21. The van der Waals surface area contributed by atoms with Crippen LogP contribution < -0.4 is 4.90 Å². The lowest BCUT2D eigenvalue weighted by Gasteiger charge is -2.34. The molecule has 2 aromatic rings. The minimum Gasteiger partial charge on any atom is -0.391 e. The molecule has 0 radical (unpaired) electrons. The van der Waals surface area contributed by atoms with Crippen LogP contribution in [-0.4, -0.2) is 58.2 Å². The first-order valence-corrected chi connectivity index (χ1v) is 9.48. The van der Waals surface area contributed by atoms with Gasteiger partial charge in [0.2, 0.25) is 11.9 Å². The highest BCUT2D eigenvalue weighted by Gasteiger charge is 2.33. The summed E-state index contributed by atoms with van der Waals surface area (Å²) < 4.78 is 0. The van der Waals surface area contributed by atoms with Crippen LogP contribution in [-0.2, 0) is 4.79 Å². The van der Waals surface area contributed by atoms with Crippen molar-refractivity contribution < 1.29 is 9.90 Å². The summed E-state index contributed by atoms with van der Waals surface area (Å²) >= 11 is 0. The number of carbonyl (C=O) groups is 1. The molecule has 1 unspecified atom stereocenters. The summed E-state index contributed by atoms with van der Waals surface area (Å²) in [5, 5.41) is 10.8. The fraction of sp³-hybridized carbons (Fsp3) is 0.550. The zero-order valence-electron chi connectivity index (χ0n) is 15.5. The van der Waals surface area contributed by atoms with Crippen LogP contribution in [0.15, 0.2) is 18.2 Å². The van der Waals surface area contributed by atoms with E-state index >= 15 is 0 Å². The number of fused-ring (bicyclic) bond motifs is 1. The molecule has 2 atom stereocenters. The Bertz CT molecular complexity index is 838. The van der Waals surface area contributed by atoms with Crippen molar-refractivity contribution in [2.24, 2.45) is 5.92 Å². The zero-order chi connectivity index (χ0) is 18.3. The number of carbonyl (C=O) groups excluding carboxylic acids is 1. The smallest absolute Gasteiger partial charge is 0.227 e. The second-order valence-electron chi connectivity index (χ2n) is 7.64. The molecule has 1 amide bonds. The van der Waals surface area contributed by atoms with Gasteiger partial charge in [0.15, 0.2) is 0 Å². The molecular weight excluding hydrogens is 328 g/mol. The topological polar surface area (TPSA) is 69.6 Å². The second-order valence-corrected chi connectivity index (χ2v) is 7.64. The highest BCUT2D eigenvalue weighted by atomic mass is 16.3. The van der Waals surface area contributed by atoms with Crippen molar-refractivity contribution in [3.05, 3.63) is 29.5 Å². The molecule has 0 aliphatic carbocycles. The van der Waals surface area contributed by atoms with Crippen LogP contribution >= 0.6 is 0 Å². The molecule has 2 saturated heterocycles. The first kappa shape index (κ1) is 17.2. The van der Waals surface area contributed by atoms with E-state index < -0.39 is 0 Å². The van der Waals surface area contributed by atoms with Crippen LogP contribution in [0.1, 0.15) is 30.5 Å². The lowest BCUT2D eigenvalue weighted by molar-refractivity contribution is -0.135. The Kier molecular flexibility index (Phi) is 4.53. The number of likely N-dealkylation sites (tertiary alicyclic amines) is 1. The monoisotopic (exact) mass is 354 g/mol. The number of hydrogen-bond acceptors (Lipinski definition) is 5. The molecule has 2 aliphatic heterocycles. The summed E-state index contributed by atoms with van der Waals surface area (Å²) in [4.78, 5) is 26.2. The van der Waals surface area contributed by atoms with Crippen molar-refractivity contribution >= 4 is 22.8 Å². The molecule has 1 N–H and O–H groups in total. The second kappa shape index (κ2) is 6.83. The first-order valence-electron chi connectivity index (χ1n) is 9.48. The van der Waals surface area contributed by atoms with Crippen molar-refractivity contribution in [1.82, 2.24) is 14.9 Å². The van der Waals surface area contributed by atoms with E-state index in [-0.39, 0.29) is 17.9 Å². The summed E-state index contributed by atoms with van der Waals surface area (Å²) in [6.45, 7) is 6.75. The Labute approximate surface area is 153 Å². The van der Waals surface area contributed by atoms with E-state index in [0.717, 1.165) is 41.9 Å². The van der Waals surface area contributed by atoms with E-state index in [1.54, 1.807) is 0 Å². The number of nitrogens with zero attached hydrogens (tertiary/aromatic N) is 4. The highest BCUT2D eigenvalue weighted by Crippen LogP contribution is 2.26. The number of piperidine rings is 1. The van der Waals surface area contributed by atoms with Gasteiger partial charge in [0.05, 0.1) is 23.2 Å². The predicted octanol–water partition coefficient (Wildman–Crippen LogP) is 2.06. The van der Waals surface area contributed by atoms with E-state index in [2.05, 4.69) is 30.0 Å². The van der Waals surface area contributed by atoms with E-state index in [0.29, 0.717) is 26.1 Å². The molecule has 26 heavy (non-hydrogen) atoms. The number of aliphatic hydroxyl groups is 1. The fourth-order valence-electron chi connectivity index (χ4n) is 4.09. The predicted molar refractivity (Wildman–Crippen MR) is 101 cm³/mol. The van der Waals surface area contributed by atoms with E-state index in [9.17, 15) is 9.90 Å². The number of anilines is 1. The van der Waals surface area contributed by atoms with Crippen LogP contribution in [0.25, 0.3) is 10.9 Å². The highest BCUT2D eigenvalue weighted by molar-refractivity contribution is 5.83. The Morgan fingerprint density at radius 1 is 1.15 bits per heavy atom. The lowest BCUT2D eigenvalue weighted by Crippen LogP contribution is -2.45. The number of β-amino-alcohol motifs (C(OH)–C–C–N with tert-alkyl or cyclic N) is 1. The van der Waals surface area contributed by atoms with Crippen LogP contribution in [0, 0.1) is 19.8 Å². The van der Waals surface area contributed by atoms with Gasteiger partial charge in [-0.25, -0.2) is 9.97 Å². The number of amides is 1. The lowest BCUT2D eigenvalue weighted by atomic mass is 9.97. The Morgan fingerprint density at radius 2 is 2.00 bits per heavy atom. The number of benzene rings is 1. The average molecular weight is 354 g/mol. The van der Waals surface area contributed by atoms with Gasteiger partial charge in [-0.2, -0.15) is 0 Å². The Balaban J connectivity index is 1.56. The SMILES string of the molecule is Cc1ccc2c(C)nc(N3CCCC(C(=O)N4CC[C@@H](O)C4)C3)nc2c1. The van der Waals surface area contributed by atoms with Gasteiger partial charge in [0.1, 0.15) is 0 Å². The molecule has 4 rings (SSSR count). The van der Waals surface area contributed by atoms with E-state index in [1.807, 2.05) is 11.8 Å². The quantitative estimate of drug-likeness (QED) is 0.894. The van der Waals surface area contributed by atoms with Crippen molar-refractivity contribution in [2.45, 2.75) is 39.2 Å². The number of hydrogen-bond donors (Lipinski definition) is 1. The molecule has 2 fully saturated rings. The third-order valence-electron chi connectivity index (χ3n) is 5.56. The summed E-state index contributed by atoms with van der Waals surface area (Å²) in [6.07, 6.45) is 2.18. The first-order chi connectivity index (χ1) is 12.5. The largest absolute Gasteiger partial charge is 0.391 e. The van der Waals surface area contributed by atoms with E-state index in [1.165, 1.54) is 5.56 Å². The maximum atomic E-state index is 12.8. The number of aromatic nitrogens is 2. The number of aryl methyl sites for hydroxylation is 2. The molecule has 0 saturated carbocycles. The fourth-order valence-corrected chi connectivity index (χ4v) is 4.09. The van der Waals surface area contributed by atoms with Gasteiger partial charge in [-0.15, -0.1) is 0 Å². The molecule has 138 valence electrons. The molecule has 1 aromatic heterocycles. The third kappa shape index (κ3) is 3.26. The average Bonchev–Trinajstić information content (AvgIpc) is 3.07. The zero-order valence-corrected chi connectivity index (χ0v) is 15.5. The van der Waals surface area contributed by atoms with Crippen molar-refractivity contribution in [3.63, 3.8) is 0 Å². The Morgan fingerprint density at radius 3 is 2.77 bits per heavy atom. The van der Waals surface area contributed by atoms with E-state index in [4.69, 9.17) is 9.97 Å². The molecule has 1 aromatic carbocycles. The molecule has 2 aliphatic rings. The van der Waals surface area contributed by atoms with Gasteiger partial charge in [-0.3, -0.25) is 4.79 Å². The van der Waals surface area contributed by atoms with Gasteiger partial charge in [-0.1, -0.05) is 12.1 Å². The maximum Gasteiger partial charge on any atom is 0.227 e. The van der Waals surface area contributed by atoms with Gasteiger partial charge in [0.25, 0.3) is 0 Å². The number of rotatable bonds is 2. The van der Waals surface area contributed by atoms with Crippen LogP contribution in [0.5, 0.6) is 0 Å². The molecule has 6 nitrogen and oxygen atoms in total. The summed E-state index contributed by atoms with van der Waals surface area (Å²) in [5.74, 6) is 0.852. The minimum absolute atomic E-state index is 0.0360. The summed E-state index contributed by atoms with van der Waals surface area (Å²) in [5.41, 5.74) is 3.12. The van der Waals surface area contributed by atoms with Crippen LogP contribution in [0.2, 0.25) is 0 Å². The minimum atomic E-state index is -0.367. The molecule has 0 bridgehead atoms. The molecule has 6 heteroatoms. The van der Waals surface area contributed by atoms with Crippen LogP contribution in [0.4, 0.5) is 5.95 Å². The van der Waals surface area contributed by atoms with Gasteiger partial charge in [-0.05, 0) is 44.7 Å². The van der Waals surface area contributed by atoms with Crippen molar-refractivity contribution in [2.75, 3.05) is 31.1 Å².